The predicted octanol–water partition coefficient (Wildman–Crippen LogP) is 1.56. The molecule has 0 atom stereocenters. The molecule has 0 aliphatic heterocycles. The number of hydrogen-bond donors (Lipinski definition) is 2. The van der Waals surface area contributed by atoms with Crippen LogP contribution in [0.2, 0.25) is 39.3 Å². The van der Waals surface area contributed by atoms with E-state index in [1.807, 2.05) is 39.3 Å². The summed E-state index contributed by atoms with van der Waals surface area (Å²) in [6, 6.07) is 0. The Morgan fingerprint density at radius 2 is 1.23 bits per heavy atom. The molecule has 5 heteroatoms. The Morgan fingerprint density at radius 3 is 1.23 bits per heavy atom. The molecule has 0 unspecified atom stereocenters. The highest BCUT2D eigenvalue weighted by Gasteiger charge is 2.57. The van der Waals surface area contributed by atoms with Crippen LogP contribution in [0.4, 0.5) is 0 Å². The average Bonchev–Trinajstić information content (AvgIpc) is 1.80. The standard InChI is InChI=1S/C8H20O3Si2/c1-12(2,3)8(11,7(9)10)13(4,5)6/h11H,1-6H3,(H,9,10). The smallest absolute Gasteiger partial charge is 0.328 e. The van der Waals surface area contributed by atoms with Crippen LogP contribution in [-0.2, 0) is 4.79 Å². The largest absolute Gasteiger partial charge is 0.480 e. The topological polar surface area (TPSA) is 57.5 Å². The van der Waals surface area contributed by atoms with E-state index in [9.17, 15) is 9.90 Å². The second-order valence-corrected chi connectivity index (χ2v) is 16.5. The molecule has 0 aromatic heterocycles. The molecule has 78 valence electrons. The number of carboxylic acids is 1. The van der Waals surface area contributed by atoms with Crippen molar-refractivity contribution in [3.8, 4) is 0 Å². The fraction of sp³-hybridized carbons (Fsp3) is 0.875. The first-order valence-corrected chi connectivity index (χ1v) is 11.4. The van der Waals surface area contributed by atoms with Crippen LogP contribution in [-0.4, -0.2) is 37.2 Å². The maximum atomic E-state index is 11.1. The van der Waals surface area contributed by atoms with Crippen LogP contribution >= 0.6 is 0 Å². The molecule has 0 spiro atoms. The van der Waals surface area contributed by atoms with Gasteiger partial charge in [-0.2, -0.15) is 0 Å². The molecule has 0 aromatic rings. The van der Waals surface area contributed by atoms with Gasteiger partial charge >= 0.3 is 5.97 Å². The number of hydrogen-bond acceptors (Lipinski definition) is 2. The fourth-order valence-corrected chi connectivity index (χ4v) is 12.0. The Hall–Kier alpha value is -0.136. The maximum absolute atomic E-state index is 11.1. The van der Waals surface area contributed by atoms with Crippen LogP contribution < -0.4 is 0 Å². The molecule has 0 saturated heterocycles. The van der Waals surface area contributed by atoms with Crippen molar-refractivity contribution in [2.24, 2.45) is 0 Å². The second kappa shape index (κ2) is 3.22. The average molecular weight is 220 g/mol. The molecule has 0 amide bonds. The highest BCUT2D eigenvalue weighted by molar-refractivity contribution is 7.02. The molecule has 0 bridgehead atoms. The lowest BCUT2D eigenvalue weighted by Gasteiger charge is -2.43. The van der Waals surface area contributed by atoms with Crippen LogP contribution in [0.15, 0.2) is 0 Å². The number of aliphatic carboxylic acids is 1. The van der Waals surface area contributed by atoms with E-state index in [-0.39, 0.29) is 0 Å². The summed E-state index contributed by atoms with van der Waals surface area (Å²) in [5.74, 6) is -1.04. The molecule has 0 aliphatic carbocycles. The van der Waals surface area contributed by atoms with Crippen molar-refractivity contribution in [2.75, 3.05) is 0 Å². The van der Waals surface area contributed by atoms with Crippen molar-refractivity contribution >= 4 is 22.1 Å². The van der Waals surface area contributed by atoms with E-state index in [4.69, 9.17) is 5.11 Å². The molecule has 2 N–H and O–H groups in total. The quantitative estimate of drug-likeness (QED) is 0.710. The van der Waals surface area contributed by atoms with Crippen molar-refractivity contribution in [1.29, 1.82) is 0 Å². The Labute approximate surface area is 81.8 Å². The van der Waals surface area contributed by atoms with Crippen molar-refractivity contribution < 1.29 is 15.0 Å². The van der Waals surface area contributed by atoms with E-state index in [1.54, 1.807) is 0 Å². The van der Waals surface area contributed by atoms with E-state index in [2.05, 4.69) is 0 Å². The maximum Gasteiger partial charge on any atom is 0.328 e. The first kappa shape index (κ1) is 12.9. The number of carbonyl (C=O) groups is 1. The summed E-state index contributed by atoms with van der Waals surface area (Å²) in [7, 11) is -4.18. The van der Waals surface area contributed by atoms with Crippen molar-refractivity contribution in [2.45, 2.75) is 44.1 Å². The van der Waals surface area contributed by atoms with Crippen LogP contribution in [0.25, 0.3) is 0 Å². The molecule has 0 rings (SSSR count). The summed E-state index contributed by atoms with van der Waals surface area (Å²) in [5, 5.41) is 19.4. The minimum Gasteiger partial charge on any atom is -0.480 e. The van der Waals surface area contributed by atoms with Crippen LogP contribution in [0, 0.1) is 0 Å². The molecular weight excluding hydrogens is 200 g/mol. The zero-order valence-electron chi connectivity index (χ0n) is 9.30. The van der Waals surface area contributed by atoms with Gasteiger partial charge < -0.3 is 10.2 Å². The third kappa shape index (κ3) is 2.03. The summed E-state index contributed by atoms with van der Waals surface area (Å²) >= 11 is 0. The molecule has 0 aliphatic rings. The van der Waals surface area contributed by atoms with Gasteiger partial charge in [0.05, 0.1) is 16.1 Å². The van der Waals surface area contributed by atoms with Crippen molar-refractivity contribution in [3.05, 3.63) is 0 Å². The molecule has 0 heterocycles. The molecule has 0 aromatic carbocycles. The third-order valence-corrected chi connectivity index (χ3v) is 11.7. The van der Waals surface area contributed by atoms with E-state index in [0.717, 1.165) is 0 Å². The summed E-state index contributed by atoms with van der Waals surface area (Å²) < 4.78 is 0. The van der Waals surface area contributed by atoms with Gasteiger partial charge in [0.25, 0.3) is 0 Å². The lowest BCUT2D eigenvalue weighted by molar-refractivity contribution is -0.146. The van der Waals surface area contributed by atoms with Gasteiger partial charge in [0.1, 0.15) is 4.85 Å². The Morgan fingerprint density at radius 1 is 1.00 bits per heavy atom. The number of aliphatic hydroxyl groups is 1. The van der Waals surface area contributed by atoms with Gasteiger partial charge in [0.15, 0.2) is 0 Å². The summed E-state index contributed by atoms with van der Waals surface area (Å²) in [5.41, 5.74) is 0. The number of rotatable bonds is 3. The predicted molar refractivity (Wildman–Crippen MR) is 59.3 cm³/mol. The number of carboxylic acid groups (broad SMARTS) is 1. The Kier molecular flexibility index (Phi) is 3.18. The Balaban J connectivity index is 5.35. The molecule has 13 heavy (non-hydrogen) atoms. The lowest BCUT2D eigenvalue weighted by Crippen LogP contribution is -2.71. The normalized spacial score (nSPS) is 14.4. The van der Waals surface area contributed by atoms with Crippen LogP contribution in [0.3, 0.4) is 0 Å². The van der Waals surface area contributed by atoms with Gasteiger partial charge in [-0.05, 0) is 0 Å². The Bertz CT molecular complexity index is 198. The minimum absolute atomic E-state index is 1.04. The van der Waals surface area contributed by atoms with E-state index >= 15 is 0 Å². The van der Waals surface area contributed by atoms with Gasteiger partial charge in [-0.25, -0.2) is 4.79 Å². The van der Waals surface area contributed by atoms with Gasteiger partial charge in [0, 0.05) is 0 Å². The lowest BCUT2D eigenvalue weighted by atomic mass is 10.7. The SMILES string of the molecule is C[Si](C)(C)C(O)(C(=O)O)[Si](C)(C)C. The van der Waals surface area contributed by atoms with Crippen molar-refractivity contribution in [3.63, 3.8) is 0 Å². The summed E-state index contributed by atoms with van der Waals surface area (Å²) in [6.45, 7) is 11.4. The van der Waals surface area contributed by atoms with Crippen molar-refractivity contribution in [1.82, 2.24) is 0 Å². The first-order chi connectivity index (χ1) is 5.44. The highest BCUT2D eigenvalue weighted by atomic mass is 28.4. The minimum atomic E-state index is -2.09. The van der Waals surface area contributed by atoms with Gasteiger partial charge in [0.2, 0.25) is 0 Å². The van der Waals surface area contributed by atoms with E-state index in [1.165, 1.54) is 0 Å². The zero-order chi connectivity index (χ0) is 11.1. The first-order valence-electron chi connectivity index (χ1n) is 4.40. The van der Waals surface area contributed by atoms with Crippen LogP contribution in [0.5, 0.6) is 0 Å². The highest BCUT2D eigenvalue weighted by Crippen LogP contribution is 2.31. The molecule has 3 nitrogen and oxygen atoms in total. The monoisotopic (exact) mass is 220 g/mol. The molecule has 0 fully saturated rings. The second-order valence-electron chi connectivity index (χ2n) is 5.52. The van der Waals surface area contributed by atoms with Crippen LogP contribution in [0.1, 0.15) is 0 Å². The summed E-state index contributed by atoms with van der Waals surface area (Å²) in [6.07, 6.45) is 0. The van der Waals surface area contributed by atoms with E-state index in [0.29, 0.717) is 0 Å². The molecular formula is C8H20O3Si2. The van der Waals surface area contributed by atoms with E-state index < -0.39 is 27.0 Å². The van der Waals surface area contributed by atoms with Gasteiger partial charge in [-0.3, -0.25) is 0 Å². The molecule has 0 radical (unpaired) electrons. The fourth-order valence-electron chi connectivity index (χ4n) is 1.77. The third-order valence-electron chi connectivity index (χ3n) is 2.48. The molecule has 0 saturated carbocycles. The van der Waals surface area contributed by atoms with Gasteiger partial charge in [-0.15, -0.1) is 0 Å². The van der Waals surface area contributed by atoms with Gasteiger partial charge in [-0.1, -0.05) is 39.3 Å². The zero-order valence-corrected chi connectivity index (χ0v) is 11.3. The summed E-state index contributed by atoms with van der Waals surface area (Å²) in [4.78, 5) is 9.70.